The van der Waals surface area contributed by atoms with Gasteiger partial charge in [0, 0.05) is 4.47 Å². The van der Waals surface area contributed by atoms with Gasteiger partial charge in [0.15, 0.2) is 0 Å². The van der Waals surface area contributed by atoms with E-state index in [-0.39, 0.29) is 0 Å². The van der Waals surface area contributed by atoms with Crippen LogP contribution in [-0.4, -0.2) is 0 Å². The first-order valence-corrected chi connectivity index (χ1v) is 10.9. The van der Waals surface area contributed by atoms with Crippen molar-refractivity contribution in [3.8, 4) is 0 Å². The van der Waals surface area contributed by atoms with E-state index >= 15 is 0 Å². The summed E-state index contributed by atoms with van der Waals surface area (Å²) >= 11 is 3.49. The number of halogens is 1. The van der Waals surface area contributed by atoms with Gasteiger partial charge in [0.2, 0.25) is 0 Å². The van der Waals surface area contributed by atoms with E-state index < -0.39 is 0 Å². The molecule has 0 amide bonds. The highest BCUT2D eigenvalue weighted by Crippen LogP contribution is 2.15. The number of benzene rings is 1. The minimum Gasteiger partial charge on any atom is -0.0654 e. The maximum absolute atomic E-state index is 3.49. The first kappa shape index (κ1) is 20.7. The molecular weight excluding hydrogens is 344 g/mol. The number of aryl methyl sites for hydroxylation is 1. The van der Waals surface area contributed by atoms with Gasteiger partial charge in [0.25, 0.3) is 0 Å². The largest absolute Gasteiger partial charge is 0.0654 e. The van der Waals surface area contributed by atoms with Crippen molar-refractivity contribution in [3.05, 3.63) is 34.3 Å². The van der Waals surface area contributed by atoms with Gasteiger partial charge in [0.1, 0.15) is 0 Å². The fraction of sp³-hybridized carbons (Fsp3) is 0.727. The number of hydrogen-bond donors (Lipinski definition) is 0. The van der Waals surface area contributed by atoms with E-state index in [1.807, 2.05) is 0 Å². The Labute approximate surface area is 153 Å². The van der Waals surface area contributed by atoms with Gasteiger partial charge in [-0.1, -0.05) is 118 Å². The van der Waals surface area contributed by atoms with Gasteiger partial charge in [-0.3, -0.25) is 0 Å². The Bertz CT molecular complexity index is 355. The first-order chi connectivity index (χ1) is 11.3. The second-order valence-corrected chi connectivity index (χ2v) is 7.89. The monoisotopic (exact) mass is 380 g/mol. The van der Waals surface area contributed by atoms with E-state index in [9.17, 15) is 0 Å². The van der Waals surface area contributed by atoms with Crippen LogP contribution in [0.1, 0.15) is 102 Å². The molecule has 0 fully saturated rings. The average Bonchev–Trinajstić information content (AvgIpc) is 2.57. The molecule has 0 aliphatic heterocycles. The van der Waals surface area contributed by atoms with E-state index in [1.165, 1.54) is 106 Å². The lowest BCUT2D eigenvalue weighted by molar-refractivity contribution is 0.535. The van der Waals surface area contributed by atoms with Crippen LogP contribution in [0.5, 0.6) is 0 Å². The van der Waals surface area contributed by atoms with Crippen molar-refractivity contribution < 1.29 is 0 Å². The second kappa shape index (κ2) is 15.2. The Hall–Kier alpha value is -0.300. The standard InChI is InChI=1S/C22H37Br/c1-2-3-4-5-6-7-8-9-10-11-12-13-14-15-16-21-17-19-22(23)20-18-21/h17-20H,2-16H2,1H3. The van der Waals surface area contributed by atoms with Crippen molar-refractivity contribution in [3.63, 3.8) is 0 Å². The highest BCUT2D eigenvalue weighted by atomic mass is 79.9. The highest BCUT2D eigenvalue weighted by molar-refractivity contribution is 9.10. The predicted molar refractivity (Wildman–Crippen MR) is 108 cm³/mol. The lowest BCUT2D eigenvalue weighted by Gasteiger charge is -2.04. The Morgan fingerprint density at radius 1 is 0.565 bits per heavy atom. The van der Waals surface area contributed by atoms with E-state index in [1.54, 1.807) is 0 Å². The first-order valence-electron chi connectivity index (χ1n) is 10.1. The van der Waals surface area contributed by atoms with Gasteiger partial charge in [-0.05, 0) is 30.5 Å². The molecule has 0 bridgehead atoms. The van der Waals surface area contributed by atoms with Crippen LogP contribution in [0.15, 0.2) is 28.7 Å². The topological polar surface area (TPSA) is 0 Å². The summed E-state index contributed by atoms with van der Waals surface area (Å²) in [5, 5.41) is 0. The lowest BCUT2D eigenvalue weighted by atomic mass is 10.0. The highest BCUT2D eigenvalue weighted by Gasteiger charge is 1.96. The maximum Gasteiger partial charge on any atom is 0.0175 e. The second-order valence-electron chi connectivity index (χ2n) is 6.97. The van der Waals surface area contributed by atoms with E-state index in [4.69, 9.17) is 0 Å². The summed E-state index contributed by atoms with van der Waals surface area (Å²) in [6.45, 7) is 2.29. The summed E-state index contributed by atoms with van der Waals surface area (Å²) in [4.78, 5) is 0. The summed E-state index contributed by atoms with van der Waals surface area (Å²) in [5.41, 5.74) is 1.48. The third kappa shape index (κ3) is 12.8. The van der Waals surface area contributed by atoms with Crippen molar-refractivity contribution in [1.29, 1.82) is 0 Å². The van der Waals surface area contributed by atoms with Gasteiger partial charge in [-0.25, -0.2) is 0 Å². The number of hydrogen-bond acceptors (Lipinski definition) is 0. The van der Waals surface area contributed by atoms with Crippen LogP contribution in [0.2, 0.25) is 0 Å². The zero-order chi connectivity index (χ0) is 16.6. The van der Waals surface area contributed by atoms with Gasteiger partial charge >= 0.3 is 0 Å². The van der Waals surface area contributed by atoms with Crippen LogP contribution in [-0.2, 0) is 6.42 Å². The van der Waals surface area contributed by atoms with Crippen LogP contribution >= 0.6 is 15.9 Å². The summed E-state index contributed by atoms with van der Waals surface area (Å²) in [6.07, 6.45) is 21.3. The van der Waals surface area contributed by atoms with Gasteiger partial charge in [-0.2, -0.15) is 0 Å². The smallest absolute Gasteiger partial charge is 0.0175 e. The Morgan fingerprint density at radius 3 is 1.39 bits per heavy atom. The van der Waals surface area contributed by atoms with Gasteiger partial charge in [0.05, 0.1) is 0 Å². The summed E-state index contributed by atoms with van der Waals surface area (Å²) in [7, 11) is 0. The van der Waals surface area contributed by atoms with Gasteiger partial charge < -0.3 is 0 Å². The molecule has 1 rings (SSSR count). The molecule has 1 aromatic carbocycles. The van der Waals surface area contributed by atoms with Crippen LogP contribution in [0, 0.1) is 0 Å². The Morgan fingerprint density at radius 2 is 0.957 bits per heavy atom. The molecule has 0 radical (unpaired) electrons. The Balaban J connectivity index is 1.77. The number of unbranched alkanes of at least 4 members (excludes halogenated alkanes) is 13. The van der Waals surface area contributed by atoms with E-state index in [0.717, 1.165) is 0 Å². The molecule has 0 heterocycles. The zero-order valence-corrected chi connectivity index (χ0v) is 16.9. The van der Waals surface area contributed by atoms with Crippen molar-refractivity contribution in [2.75, 3.05) is 0 Å². The van der Waals surface area contributed by atoms with E-state index in [0.29, 0.717) is 0 Å². The van der Waals surface area contributed by atoms with E-state index in [2.05, 4.69) is 47.1 Å². The minimum atomic E-state index is 1.18. The fourth-order valence-electron chi connectivity index (χ4n) is 3.17. The summed E-state index contributed by atoms with van der Waals surface area (Å²) in [6, 6.07) is 8.79. The molecule has 0 N–H and O–H groups in total. The number of rotatable bonds is 15. The Kier molecular flexibility index (Phi) is 13.7. The minimum absolute atomic E-state index is 1.18. The van der Waals surface area contributed by atoms with Crippen molar-refractivity contribution >= 4 is 15.9 Å². The predicted octanol–water partition coefficient (Wildman–Crippen LogP) is 8.47. The van der Waals surface area contributed by atoms with Crippen LogP contribution < -0.4 is 0 Å². The molecule has 0 spiro atoms. The molecule has 1 aromatic rings. The lowest BCUT2D eigenvalue weighted by Crippen LogP contribution is -1.86. The average molecular weight is 381 g/mol. The molecule has 23 heavy (non-hydrogen) atoms. The third-order valence-corrected chi connectivity index (χ3v) is 5.26. The SMILES string of the molecule is CCCCCCCCCCCCCCCCc1ccc(Br)cc1. The fourth-order valence-corrected chi connectivity index (χ4v) is 3.44. The normalized spacial score (nSPS) is 11.0. The third-order valence-electron chi connectivity index (χ3n) is 4.73. The van der Waals surface area contributed by atoms with Crippen molar-refractivity contribution in [2.24, 2.45) is 0 Å². The van der Waals surface area contributed by atoms with Gasteiger partial charge in [-0.15, -0.1) is 0 Å². The molecule has 0 aliphatic rings. The molecule has 0 nitrogen and oxygen atoms in total. The molecule has 0 aromatic heterocycles. The van der Waals surface area contributed by atoms with Crippen molar-refractivity contribution in [1.82, 2.24) is 0 Å². The molecule has 1 heteroatoms. The van der Waals surface area contributed by atoms with Crippen LogP contribution in [0.4, 0.5) is 0 Å². The molecular formula is C22H37Br. The molecule has 0 saturated heterocycles. The quantitative estimate of drug-likeness (QED) is 0.267. The molecule has 0 atom stereocenters. The molecule has 132 valence electrons. The zero-order valence-electron chi connectivity index (χ0n) is 15.3. The molecule has 0 unspecified atom stereocenters. The molecule has 0 saturated carbocycles. The molecule has 0 aliphatic carbocycles. The van der Waals surface area contributed by atoms with Crippen molar-refractivity contribution in [2.45, 2.75) is 103 Å². The van der Waals surface area contributed by atoms with Crippen LogP contribution in [0.3, 0.4) is 0 Å². The summed E-state index contributed by atoms with van der Waals surface area (Å²) in [5.74, 6) is 0. The summed E-state index contributed by atoms with van der Waals surface area (Å²) < 4.78 is 1.18. The maximum atomic E-state index is 3.49. The van der Waals surface area contributed by atoms with Crippen LogP contribution in [0.25, 0.3) is 0 Å².